The van der Waals surface area contributed by atoms with Crippen LogP contribution in [0.15, 0.2) is 47.8 Å². The van der Waals surface area contributed by atoms with Gasteiger partial charge in [0, 0.05) is 19.0 Å². The predicted octanol–water partition coefficient (Wildman–Crippen LogP) is 4.92. The summed E-state index contributed by atoms with van der Waals surface area (Å²) >= 11 is 1.45. The van der Waals surface area contributed by atoms with Crippen LogP contribution in [0.2, 0.25) is 0 Å². The Morgan fingerprint density at radius 1 is 1.07 bits per heavy atom. The second-order valence-electron chi connectivity index (χ2n) is 6.82. The van der Waals surface area contributed by atoms with Crippen molar-refractivity contribution >= 4 is 17.2 Å². The van der Waals surface area contributed by atoms with Crippen LogP contribution >= 0.6 is 11.3 Å². The van der Waals surface area contributed by atoms with Crippen molar-refractivity contribution in [2.24, 2.45) is 0 Å². The molecule has 140 valence electrons. The molecule has 0 aliphatic carbocycles. The van der Waals surface area contributed by atoms with Crippen LogP contribution in [0.1, 0.15) is 37.7 Å². The highest BCUT2D eigenvalue weighted by atomic mass is 32.1. The summed E-state index contributed by atoms with van der Waals surface area (Å²) in [7, 11) is 1.81. The van der Waals surface area contributed by atoms with Gasteiger partial charge in [-0.25, -0.2) is 4.98 Å². The number of aryl methyl sites for hydroxylation is 3. The first-order valence-electron chi connectivity index (χ1n) is 8.88. The largest absolute Gasteiger partial charge is 0.486 e. The van der Waals surface area contributed by atoms with Gasteiger partial charge in [0.2, 0.25) is 0 Å². The minimum absolute atomic E-state index is 0.0761. The molecule has 1 amide bonds. The molecule has 3 rings (SSSR count). The van der Waals surface area contributed by atoms with E-state index in [-0.39, 0.29) is 5.91 Å². The quantitative estimate of drug-likeness (QED) is 0.610. The summed E-state index contributed by atoms with van der Waals surface area (Å²) in [6.45, 7) is 7.11. The standard InChI is InChI=1S/C22H24N2O2S/c1-15-6-9-19(10-7-15)26-13-21-23-20(14-27-21)22(25)24(4)12-18-8-5-16(2)11-17(18)3/h5-11,14H,12-13H2,1-4H3. The zero-order chi connectivity index (χ0) is 19.4. The first-order valence-corrected chi connectivity index (χ1v) is 9.76. The lowest BCUT2D eigenvalue weighted by molar-refractivity contribution is 0.0779. The van der Waals surface area contributed by atoms with Gasteiger partial charge in [-0.1, -0.05) is 41.5 Å². The molecule has 3 aromatic rings. The summed E-state index contributed by atoms with van der Waals surface area (Å²) in [4.78, 5) is 18.8. The van der Waals surface area contributed by atoms with Crippen molar-refractivity contribution in [1.29, 1.82) is 0 Å². The summed E-state index contributed by atoms with van der Waals surface area (Å²) in [5.74, 6) is 0.725. The monoisotopic (exact) mass is 380 g/mol. The van der Waals surface area contributed by atoms with Crippen LogP contribution in [0.5, 0.6) is 5.75 Å². The molecule has 2 aromatic carbocycles. The van der Waals surface area contributed by atoms with Crippen molar-refractivity contribution in [1.82, 2.24) is 9.88 Å². The first-order chi connectivity index (χ1) is 12.9. The number of rotatable bonds is 6. The summed E-state index contributed by atoms with van der Waals surface area (Å²) in [5, 5.41) is 2.59. The number of carbonyl (C=O) groups is 1. The molecule has 0 unspecified atom stereocenters. The Bertz CT molecular complexity index is 932. The molecule has 0 aliphatic heterocycles. The van der Waals surface area contributed by atoms with Gasteiger partial charge in [-0.15, -0.1) is 11.3 Å². The molecule has 0 N–H and O–H groups in total. The van der Waals surface area contributed by atoms with Crippen LogP contribution in [0.25, 0.3) is 0 Å². The number of carbonyl (C=O) groups excluding carboxylic acids is 1. The highest BCUT2D eigenvalue weighted by molar-refractivity contribution is 7.09. The van der Waals surface area contributed by atoms with Gasteiger partial charge in [0.05, 0.1) is 0 Å². The van der Waals surface area contributed by atoms with Gasteiger partial charge < -0.3 is 9.64 Å². The molecule has 0 saturated heterocycles. The molecular weight excluding hydrogens is 356 g/mol. The van der Waals surface area contributed by atoms with Crippen LogP contribution in [0.4, 0.5) is 0 Å². The van der Waals surface area contributed by atoms with Gasteiger partial charge in [0.25, 0.3) is 5.91 Å². The third-order valence-electron chi connectivity index (χ3n) is 4.41. The summed E-state index contributed by atoms with van der Waals surface area (Å²) < 4.78 is 5.75. The fourth-order valence-corrected chi connectivity index (χ4v) is 3.48. The van der Waals surface area contributed by atoms with Crippen molar-refractivity contribution < 1.29 is 9.53 Å². The van der Waals surface area contributed by atoms with Crippen LogP contribution < -0.4 is 4.74 Å². The summed E-state index contributed by atoms with van der Waals surface area (Å²) in [6.07, 6.45) is 0. The zero-order valence-electron chi connectivity index (χ0n) is 16.2. The smallest absolute Gasteiger partial charge is 0.273 e. The van der Waals surface area contributed by atoms with Gasteiger partial charge in [0.15, 0.2) is 0 Å². The summed E-state index contributed by atoms with van der Waals surface area (Å²) in [6, 6.07) is 14.2. The van der Waals surface area contributed by atoms with Gasteiger partial charge >= 0.3 is 0 Å². The van der Waals surface area contributed by atoms with E-state index in [1.54, 1.807) is 10.3 Å². The molecular formula is C22H24N2O2S. The third-order valence-corrected chi connectivity index (χ3v) is 5.23. The number of amides is 1. The Labute approximate surface area is 164 Å². The van der Waals surface area contributed by atoms with E-state index in [1.165, 1.54) is 28.0 Å². The van der Waals surface area contributed by atoms with E-state index in [4.69, 9.17) is 4.74 Å². The molecule has 0 fully saturated rings. The molecule has 0 radical (unpaired) electrons. The number of benzene rings is 2. The second kappa shape index (κ2) is 8.35. The number of thiazole rings is 1. The molecule has 0 saturated carbocycles. The number of ether oxygens (including phenoxy) is 1. The Morgan fingerprint density at radius 2 is 1.78 bits per heavy atom. The van der Waals surface area contributed by atoms with Gasteiger partial charge in [-0.3, -0.25) is 4.79 Å². The van der Waals surface area contributed by atoms with E-state index >= 15 is 0 Å². The topological polar surface area (TPSA) is 42.4 Å². The van der Waals surface area contributed by atoms with Crippen LogP contribution in [-0.4, -0.2) is 22.8 Å². The maximum Gasteiger partial charge on any atom is 0.273 e. The maximum absolute atomic E-state index is 12.7. The third kappa shape index (κ3) is 4.95. The van der Waals surface area contributed by atoms with Crippen LogP contribution in [0, 0.1) is 20.8 Å². The normalized spacial score (nSPS) is 10.7. The van der Waals surface area contributed by atoms with Gasteiger partial charge in [-0.2, -0.15) is 0 Å². The molecule has 4 nitrogen and oxygen atoms in total. The Hall–Kier alpha value is -2.66. The van der Waals surface area contributed by atoms with E-state index in [1.807, 2.05) is 38.2 Å². The molecule has 27 heavy (non-hydrogen) atoms. The molecule has 5 heteroatoms. The van der Waals surface area contributed by atoms with Crippen molar-refractivity contribution in [3.63, 3.8) is 0 Å². The van der Waals surface area contributed by atoms with Gasteiger partial charge in [-0.05, 0) is 44.0 Å². The Kier molecular flexibility index (Phi) is 5.91. The lowest BCUT2D eigenvalue weighted by atomic mass is 10.1. The molecule has 1 heterocycles. The number of aromatic nitrogens is 1. The molecule has 0 atom stereocenters. The molecule has 0 aliphatic rings. The Balaban J connectivity index is 1.60. The number of hydrogen-bond donors (Lipinski definition) is 0. The highest BCUT2D eigenvalue weighted by Gasteiger charge is 2.16. The summed E-state index contributed by atoms with van der Waals surface area (Å²) in [5.41, 5.74) is 5.23. The van der Waals surface area contributed by atoms with E-state index in [9.17, 15) is 4.79 Å². The molecule has 1 aromatic heterocycles. The minimum atomic E-state index is -0.0761. The average molecular weight is 381 g/mol. The zero-order valence-corrected chi connectivity index (χ0v) is 17.0. The maximum atomic E-state index is 12.7. The van der Waals surface area contributed by atoms with E-state index in [2.05, 4.69) is 37.0 Å². The van der Waals surface area contributed by atoms with Crippen LogP contribution in [0.3, 0.4) is 0 Å². The van der Waals surface area contributed by atoms with Crippen molar-refractivity contribution in [2.75, 3.05) is 7.05 Å². The van der Waals surface area contributed by atoms with Crippen molar-refractivity contribution in [3.8, 4) is 5.75 Å². The Morgan fingerprint density at radius 3 is 2.48 bits per heavy atom. The lowest BCUT2D eigenvalue weighted by Gasteiger charge is -2.17. The van der Waals surface area contributed by atoms with E-state index < -0.39 is 0 Å². The fraction of sp³-hybridized carbons (Fsp3) is 0.273. The molecule has 0 bridgehead atoms. The first kappa shape index (κ1) is 19.1. The van der Waals surface area contributed by atoms with E-state index in [0.29, 0.717) is 18.8 Å². The van der Waals surface area contributed by atoms with Crippen molar-refractivity contribution in [2.45, 2.75) is 33.9 Å². The molecule has 0 spiro atoms. The SMILES string of the molecule is Cc1ccc(OCc2nc(C(=O)N(C)Cc3ccc(C)cc3C)cs2)cc1. The van der Waals surface area contributed by atoms with Crippen molar-refractivity contribution in [3.05, 3.63) is 80.8 Å². The predicted molar refractivity (Wildman–Crippen MR) is 109 cm³/mol. The van der Waals surface area contributed by atoms with E-state index in [0.717, 1.165) is 16.3 Å². The number of hydrogen-bond acceptors (Lipinski definition) is 4. The van der Waals surface area contributed by atoms with Gasteiger partial charge in [0.1, 0.15) is 23.1 Å². The highest BCUT2D eigenvalue weighted by Crippen LogP contribution is 2.18. The fourth-order valence-electron chi connectivity index (χ4n) is 2.80. The lowest BCUT2D eigenvalue weighted by Crippen LogP contribution is -2.26. The second-order valence-corrected chi connectivity index (χ2v) is 7.76. The minimum Gasteiger partial charge on any atom is -0.486 e. The average Bonchev–Trinajstić information content (AvgIpc) is 3.12. The van der Waals surface area contributed by atoms with Crippen LogP contribution in [-0.2, 0) is 13.2 Å². The number of nitrogens with zero attached hydrogens (tertiary/aromatic N) is 2.